The van der Waals surface area contributed by atoms with Gasteiger partial charge in [-0.15, -0.1) is 20.4 Å². The van der Waals surface area contributed by atoms with Crippen LogP contribution in [0.5, 0.6) is 0 Å². The van der Waals surface area contributed by atoms with Crippen molar-refractivity contribution in [2.45, 2.75) is 16.6 Å². The van der Waals surface area contributed by atoms with Crippen LogP contribution in [0.4, 0.5) is 5.13 Å². The Hall–Kier alpha value is -2.08. The van der Waals surface area contributed by atoms with E-state index in [9.17, 15) is 4.79 Å². The van der Waals surface area contributed by atoms with Crippen molar-refractivity contribution in [2.75, 3.05) is 25.6 Å². The molecule has 0 bridgehead atoms. The number of hydrogen-bond donors (Lipinski definition) is 2. The maximum atomic E-state index is 12.2. The van der Waals surface area contributed by atoms with Gasteiger partial charge in [0, 0.05) is 20.2 Å². The molecule has 0 radical (unpaired) electrons. The molecule has 1 aromatic carbocycles. The normalized spacial score (nSPS) is 10.7. The van der Waals surface area contributed by atoms with Gasteiger partial charge >= 0.3 is 0 Å². The zero-order chi connectivity index (χ0) is 18.9. The van der Waals surface area contributed by atoms with E-state index in [1.807, 2.05) is 30.3 Å². The van der Waals surface area contributed by atoms with Crippen LogP contribution in [-0.4, -0.2) is 46.6 Å². The van der Waals surface area contributed by atoms with Crippen LogP contribution in [0, 0.1) is 0 Å². The van der Waals surface area contributed by atoms with Crippen LogP contribution < -0.4 is 10.6 Å². The smallest absolute Gasteiger partial charge is 0.282 e. The van der Waals surface area contributed by atoms with Gasteiger partial charge in [-0.2, -0.15) is 0 Å². The standard InChI is InChI=1S/C16H18N6O2S3/c1-24-8-7-17-15-21-22-16(27-15)25-10-12-19-20-14(26-12)13(23)18-9-11-5-3-2-4-6-11/h2-6H,7-10H2,1H3,(H,17,21)(H,18,23). The van der Waals surface area contributed by atoms with E-state index in [1.165, 1.54) is 34.4 Å². The highest BCUT2D eigenvalue weighted by Gasteiger charge is 2.13. The number of rotatable bonds is 10. The van der Waals surface area contributed by atoms with Crippen molar-refractivity contribution in [3.05, 3.63) is 45.9 Å². The van der Waals surface area contributed by atoms with Gasteiger partial charge in [-0.1, -0.05) is 64.8 Å². The molecule has 0 aliphatic rings. The Morgan fingerprint density at radius 3 is 2.81 bits per heavy atom. The number of aromatic nitrogens is 4. The Kier molecular flexibility index (Phi) is 7.51. The third-order valence-corrected chi connectivity index (χ3v) is 6.40. The molecule has 0 unspecified atom stereocenters. The van der Waals surface area contributed by atoms with Gasteiger partial charge in [0.2, 0.25) is 10.1 Å². The number of carbonyl (C=O) groups excluding carboxylic acids is 1. The summed E-state index contributed by atoms with van der Waals surface area (Å²) < 4.78 is 5.82. The fraction of sp³-hybridized carbons (Fsp3) is 0.312. The highest BCUT2D eigenvalue weighted by molar-refractivity contribution is 8.00. The van der Waals surface area contributed by atoms with Gasteiger partial charge in [-0.3, -0.25) is 4.79 Å². The Balaban J connectivity index is 1.45. The number of amides is 1. The summed E-state index contributed by atoms with van der Waals surface area (Å²) in [5.41, 5.74) is 1.04. The molecule has 0 fully saturated rings. The van der Waals surface area contributed by atoms with Crippen molar-refractivity contribution in [1.82, 2.24) is 25.7 Å². The molecule has 0 aliphatic carbocycles. The summed E-state index contributed by atoms with van der Waals surface area (Å²) >= 11 is 4.28. The molecule has 8 nitrogen and oxygen atoms in total. The number of nitrogens with one attached hydrogen (secondary N) is 2. The van der Waals surface area contributed by atoms with Crippen molar-refractivity contribution in [3.8, 4) is 0 Å². The van der Waals surface area contributed by atoms with Gasteiger partial charge < -0.3 is 15.4 Å². The second-order valence-corrected chi connectivity index (χ2v) is 8.51. The van der Waals surface area contributed by atoms with Crippen molar-refractivity contribution in [2.24, 2.45) is 0 Å². The number of ether oxygens (including phenoxy) is 1. The van der Waals surface area contributed by atoms with Crippen molar-refractivity contribution in [3.63, 3.8) is 0 Å². The quantitative estimate of drug-likeness (QED) is 0.380. The predicted molar refractivity (Wildman–Crippen MR) is 107 cm³/mol. The first-order valence-corrected chi connectivity index (χ1v) is 10.7. The Morgan fingerprint density at radius 2 is 2.00 bits per heavy atom. The van der Waals surface area contributed by atoms with E-state index < -0.39 is 0 Å². The van der Waals surface area contributed by atoms with Crippen molar-refractivity contribution < 1.29 is 9.53 Å². The Labute approximate surface area is 168 Å². The average molecular weight is 423 g/mol. The maximum Gasteiger partial charge on any atom is 0.282 e. The van der Waals surface area contributed by atoms with Crippen LogP contribution in [0.15, 0.2) is 34.7 Å². The number of methoxy groups -OCH3 is 1. The van der Waals surface area contributed by atoms with Gasteiger partial charge in [-0.05, 0) is 5.56 Å². The molecule has 142 valence electrons. The number of hydrogen-bond acceptors (Lipinski definition) is 10. The summed E-state index contributed by atoms with van der Waals surface area (Å²) in [5.74, 6) is 0.379. The van der Waals surface area contributed by atoms with Gasteiger partial charge in [-0.25, -0.2) is 0 Å². The maximum absolute atomic E-state index is 12.2. The van der Waals surface area contributed by atoms with Crippen LogP contribution in [0.1, 0.15) is 20.4 Å². The van der Waals surface area contributed by atoms with Gasteiger partial charge in [0.25, 0.3) is 5.91 Å². The number of nitrogens with zero attached hydrogens (tertiary/aromatic N) is 4. The average Bonchev–Trinajstić information content (AvgIpc) is 3.35. The van der Waals surface area contributed by atoms with Crippen molar-refractivity contribution >= 4 is 45.5 Å². The summed E-state index contributed by atoms with van der Waals surface area (Å²) in [7, 11) is 1.65. The monoisotopic (exact) mass is 422 g/mol. The molecule has 3 aromatic rings. The molecule has 2 aromatic heterocycles. The fourth-order valence-electron chi connectivity index (χ4n) is 1.98. The lowest BCUT2D eigenvalue weighted by Crippen LogP contribution is -2.22. The van der Waals surface area contributed by atoms with Crippen LogP contribution in [-0.2, 0) is 17.0 Å². The zero-order valence-electron chi connectivity index (χ0n) is 14.5. The predicted octanol–water partition coefficient (Wildman–Crippen LogP) is 2.67. The molecular weight excluding hydrogens is 404 g/mol. The Bertz CT molecular complexity index is 855. The minimum Gasteiger partial charge on any atom is -0.383 e. The van der Waals surface area contributed by atoms with Crippen LogP contribution in [0.3, 0.4) is 0 Å². The highest BCUT2D eigenvalue weighted by atomic mass is 32.2. The van der Waals surface area contributed by atoms with E-state index in [0.717, 1.165) is 20.0 Å². The molecule has 27 heavy (non-hydrogen) atoms. The summed E-state index contributed by atoms with van der Waals surface area (Å²) in [6, 6.07) is 9.74. The van der Waals surface area contributed by atoms with Gasteiger partial charge in [0.05, 0.1) is 12.4 Å². The molecule has 3 rings (SSSR count). The lowest BCUT2D eigenvalue weighted by atomic mass is 10.2. The van der Waals surface area contributed by atoms with E-state index >= 15 is 0 Å². The number of thioether (sulfide) groups is 1. The third-order valence-electron chi connectivity index (χ3n) is 3.26. The summed E-state index contributed by atoms with van der Waals surface area (Å²) in [6.45, 7) is 1.77. The van der Waals surface area contributed by atoms with Crippen molar-refractivity contribution in [1.29, 1.82) is 0 Å². The minimum absolute atomic E-state index is 0.215. The van der Waals surface area contributed by atoms with Gasteiger partial charge in [0.15, 0.2) is 4.34 Å². The van der Waals surface area contributed by atoms with E-state index in [0.29, 0.717) is 30.5 Å². The first-order valence-electron chi connectivity index (χ1n) is 8.08. The lowest BCUT2D eigenvalue weighted by Gasteiger charge is -2.01. The zero-order valence-corrected chi connectivity index (χ0v) is 17.0. The van der Waals surface area contributed by atoms with Crippen LogP contribution in [0.25, 0.3) is 0 Å². The topological polar surface area (TPSA) is 102 Å². The first kappa shape index (κ1) is 19.7. The van der Waals surface area contributed by atoms with Crippen LogP contribution in [0.2, 0.25) is 0 Å². The molecule has 11 heteroatoms. The number of anilines is 1. The molecule has 0 saturated carbocycles. The molecule has 0 atom stereocenters. The lowest BCUT2D eigenvalue weighted by molar-refractivity contribution is 0.0950. The summed E-state index contributed by atoms with van der Waals surface area (Å²) in [5, 5.41) is 24.1. The van der Waals surface area contributed by atoms with E-state index in [2.05, 4.69) is 31.0 Å². The molecule has 0 spiro atoms. The van der Waals surface area contributed by atoms with E-state index in [1.54, 1.807) is 7.11 Å². The minimum atomic E-state index is -0.215. The van der Waals surface area contributed by atoms with Gasteiger partial charge in [0.1, 0.15) is 5.01 Å². The van der Waals surface area contributed by atoms with E-state index in [-0.39, 0.29) is 5.91 Å². The molecule has 2 heterocycles. The number of benzene rings is 1. The van der Waals surface area contributed by atoms with Crippen LogP contribution >= 0.6 is 34.4 Å². The third kappa shape index (κ3) is 6.24. The molecule has 2 N–H and O–H groups in total. The molecule has 0 saturated heterocycles. The molecular formula is C16H18N6O2S3. The molecule has 1 amide bonds. The molecule has 0 aliphatic heterocycles. The highest BCUT2D eigenvalue weighted by Crippen LogP contribution is 2.29. The Morgan fingerprint density at radius 1 is 1.15 bits per heavy atom. The summed E-state index contributed by atoms with van der Waals surface area (Å²) in [4.78, 5) is 12.2. The SMILES string of the molecule is COCCNc1nnc(SCc2nnc(C(=O)NCc3ccccc3)s2)s1. The number of carbonyl (C=O) groups is 1. The first-order chi connectivity index (χ1) is 13.2. The second kappa shape index (κ2) is 10.3. The summed E-state index contributed by atoms with van der Waals surface area (Å²) in [6.07, 6.45) is 0. The van der Waals surface area contributed by atoms with E-state index in [4.69, 9.17) is 4.74 Å². The largest absolute Gasteiger partial charge is 0.383 e. The second-order valence-electron chi connectivity index (χ2n) is 5.25. The fourth-order valence-corrected chi connectivity index (χ4v) is 4.50.